The van der Waals surface area contributed by atoms with Gasteiger partial charge in [0, 0.05) is 38.8 Å². The van der Waals surface area contributed by atoms with Crippen molar-refractivity contribution < 1.29 is 31.6 Å². The van der Waals surface area contributed by atoms with Gasteiger partial charge in [0.1, 0.15) is 11.6 Å². The van der Waals surface area contributed by atoms with Crippen LogP contribution in [0.25, 0.3) is 0 Å². The second-order valence-electron chi connectivity index (χ2n) is 10.6. The number of hydrogen-bond donors (Lipinski definition) is 2. The molecule has 1 aromatic carbocycles. The first kappa shape index (κ1) is 29.1. The third kappa shape index (κ3) is 6.42. The standard InChI is InChI=1S/C28H31F4N7O3/c1-17-6-5-11-38(15-17)27-36-24(28(30,31)32)23(42-27)25(40)34-19-9-10-22(33-14-19)37-12-13-39(18(2)16-37)26(41)35-21-8-4-3-7-20(21)29/h3-4,7-10,14,17-18H,5-6,11-13,15-16H2,1-2H3,(H,34,40)(H,35,41). The van der Waals surface area contributed by atoms with Crippen LogP contribution in [0, 0.1) is 11.7 Å². The quantitative estimate of drug-likeness (QED) is 0.381. The average Bonchev–Trinajstić information content (AvgIpc) is 3.42. The predicted octanol–water partition coefficient (Wildman–Crippen LogP) is 5.46. The van der Waals surface area contributed by atoms with E-state index in [1.165, 1.54) is 30.5 Å². The van der Waals surface area contributed by atoms with Gasteiger partial charge in [0.15, 0.2) is 5.69 Å². The Labute approximate surface area is 239 Å². The van der Waals surface area contributed by atoms with Crippen LogP contribution in [0.15, 0.2) is 47.0 Å². The molecule has 2 unspecified atom stereocenters. The van der Waals surface area contributed by atoms with Crippen molar-refractivity contribution >= 4 is 35.1 Å². The van der Waals surface area contributed by atoms with Gasteiger partial charge < -0.3 is 29.8 Å². The highest BCUT2D eigenvalue weighted by Crippen LogP contribution is 2.35. The molecule has 5 rings (SSSR count). The van der Waals surface area contributed by atoms with Gasteiger partial charge >= 0.3 is 12.2 Å². The van der Waals surface area contributed by atoms with E-state index in [-0.39, 0.29) is 29.3 Å². The lowest BCUT2D eigenvalue weighted by atomic mass is 10.0. The molecule has 2 atom stereocenters. The summed E-state index contributed by atoms with van der Waals surface area (Å²) < 4.78 is 60.4. The van der Waals surface area contributed by atoms with Gasteiger partial charge in [-0.3, -0.25) is 4.79 Å². The molecule has 4 heterocycles. The van der Waals surface area contributed by atoms with Crippen molar-refractivity contribution in [3.63, 3.8) is 0 Å². The zero-order valence-corrected chi connectivity index (χ0v) is 23.1. The molecule has 2 aliphatic heterocycles. The van der Waals surface area contributed by atoms with Crippen LogP contribution >= 0.6 is 0 Å². The maximum Gasteiger partial charge on any atom is 0.437 e. The highest BCUT2D eigenvalue weighted by atomic mass is 19.4. The maximum atomic E-state index is 13.9. The second-order valence-corrected chi connectivity index (χ2v) is 10.6. The van der Waals surface area contributed by atoms with E-state index in [4.69, 9.17) is 4.42 Å². The lowest BCUT2D eigenvalue weighted by Gasteiger charge is -2.40. The van der Waals surface area contributed by atoms with Gasteiger partial charge in [-0.15, -0.1) is 0 Å². The maximum absolute atomic E-state index is 13.9. The van der Waals surface area contributed by atoms with Crippen LogP contribution < -0.4 is 20.4 Å². The number of nitrogens with one attached hydrogen (secondary N) is 2. The smallest absolute Gasteiger partial charge is 0.417 e. The summed E-state index contributed by atoms with van der Waals surface area (Å²) in [6.07, 6.45) is -1.78. The summed E-state index contributed by atoms with van der Waals surface area (Å²) in [4.78, 5) is 38.7. The van der Waals surface area contributed by atoms with E-state index in [0.717, 1.165) is 12.8 Å². The van der Waals surface area contributed by atoms with E-state index < -0.39 is 35.4 Å². The number of para-hydroxylation sites is 1. The summed E-state index contributed by atoms with van der Waals surface area (Å²) in [7, 11) is 0. The number of aromatic nitrogens is 2. The Kier molecular flexibility index (Phi) is 8.23. The van der Waals surface area contributed by atoms with E-state index in [9.17, 15) is 27.2 Å². The van der Waals surface area contributed by atoms with E-state index in [1.807, 2.05) is 18.7 Å². The lowest BCUT2D eigenvalue weighted by Crippen LogP contribution is -2.55. The van der Waals surface area contributed by atoms with Crippen molar-refractivity contribution in [1.82, 2.24) is 14.9 Å². The molecule has 0 saturated carbocycles. The van der Waals surface area contributed by atoms with Gasteiger partial charge in [0.25, 0.3) is 11.9 Å². The van der Waals surface area contributed by atoms with Crippen LogP contribution in [0.4, 0.5) is 45.6 Å². The number of alkyl halides is 3. The molecule has 3 aromatic rings. The summed E-state index contributed by atoms with van der Waals surface area (Å²) in [5, 5.41) is 5.01. The van der Waals surface area contributed by atoms with E-state index in [2.05, 4.69) is 20.6 Å². The van der Waals surface area contributed by atoms with E-state index in [1.54, 1.807) is 21.9 Å². The monoisotopic (exact) mass is 589 g/mol. The van der Waals surface area contributed by atoms with Crippen molar-refractivity contribution in [3.8, 4) is 0 Å². The minimum atomic E-state index is -4.87. The number of urea groups is 1. The Bertz CT molecular complexity index is 1430. The van der Waals surface area contributed by atoms with Crippen molar-refractivity contribution in [2.24, 2.45) is 5.92 Å². The number of anilines is 4. The Morgan fingerprint density at radius 2 is 1.79 bits per heavy atom. The third-order valence-corrected chi connectivity index (χ3v) is 7.35. The third-order valence-electron chi connectivity index (χ3n) is 7.35. The van der Waals surface area contributed by atoms with E-state index in [0.29, 0.717) is 38.5 Å². The Balaban J connectivity index is 1.22. The Morgan fingerprint density at radius 1 is 1.00 bits per heavy atom. The number of piperazine rings is 1. The second kappa shape index (κ2) is 11.9. The fourth-order valence-corrected chi connectivity index (χ4v) is 5.21. The molecule has 2 saturated heterocycles. The van der Waals surface area contributed by atoms with Crippen molar-refractivity contribution in [2.45, 2.75) is 38.9 Å². The Hall–Kier alpha value is -4.36. The zero-order valence-electron chi connectivity index (χ0n) is 23.1. The molecule has 10 nitrogen and oxygen atoms in total. The minimum absolute atomic E-state index is 0.0985. The first-order chi connectivity index (χ1) is 20.0. The van der Waals surface area contributed by atoms with Gasteiger partial charge in [-0.2, -0.15) is 18.2 Å². The summed E-state index contributed by atoms with van der Waals surface area (Å²) in [5.41, 5.74) is -1.09. The molecule has 2 aromatic heterocycles. The average molecular weight is 590 g/mol. The minimum Gasteiger partial charge on any atom is -0.417 e. The molecular weight excluding hydrogens is 558 g/mol. The summed E-state index contributed by atoms with van der Waals surface area (Å²) in [5.74, 6) is -1.68. The van der Waals surface area contributed by atoms with Crippen LogP contribution in [0.1, 0.15) is 42.9 Å². The predicted molar refractivity (Wildman–Crippen MR) is 148 cm³/mol. The molecule has 0 bridgehead atoms. The fraction of sp³-hybridized carbons (Fsp3) is 0.429. The van der Waals surface area contributed by atoms with Crippen LogP contribution in [-0.4, -0.2) is 65.6 Å². The molecule has 0 radical (unpaired) electrons. The molecule has 3 amide bonds. The molecular formula is C28H31F4N7O3. The summed E-state index contributed by atoms with van der Waals surface area (Å²) >= 11 is 0. The highest BCUT2D eigenvalue weighted by Gasteiger charge is 2.42. The lowest BCUT2D eigenvalue weighted by molar-refractivity contribution is -0.141. The number of carbonyl (C=O) groups is 2. The van der Waals surface area contributed by atoms with Crippen molar-refractivity contribution in [2.75, 3.05) is 53.2 Å². The van der Waals surface area contributed by atoms with Crippen LogP contribution in [0.5, 0.6) is 0 Å². The van der Waals surface area contributed by atoms with Crippen molar-refractivity contribution in [3.05, 3.63) is 59.9 Å². The first-order valence-corrected chi connectivity index (χ1v) is 13.7. The number of amides is 3. The Morgan fingerprint density at radius 3 is 2.45 bits per heavy atom. The van der Waals surface area contributed by atoms with Crippen LogP contribution in [0.3, 0.4) is 0 Å². The number of rotatable bonds is 5. The van der Waals surface area contributed by atoms with E-state index >= 15 is 0 Å². The number of benzene rings is 1. The largest absolute Gasteiger partial charge is 0.437 e. The van der Waals surface area contributed by atoms with Gasteiger partial charge in [-0.1, -0.05) is 19.1 Å². The molecule has 2 N–H and O–H groups in total. The summed E-state index contributed by atoms with van der Waals surface area (Å²) in [6, 6.07) is 8.22. The van der Waals surface area contributed by atoms with Gasteiger partial charge in [-0.05, 0) is 49.9 Å². The van der Waals surface area contributed by atoms with Crippen molar-refractivity contribution in [1.29, 1.82) is 0 Å². The fourth-order valence-electron chi connectivity index (χ4n) is 5.21. The van der Waals surface area contributed by atoms with Crippen LogP contribution in [0.2, 0.25) is 0 Å². The van der Waals surface area contributed by atoms with Gasteiger partial charge in [0.05, 0.1) is 17.6 Å². The number of carbonyl (C=O) groups excluding carboxylic acids is 2. The number of nitrogens with zero attached hydrogens (tertiary/aromatic N) is 5. The van der Waals surface area contributed by atoms with Crippen LogP contribution in [-0.2, 0) is 6.18 Å². The number of hydrogen-bond acceptors (Lipinski definition) is 7. The number of pyridine rings is 1. The molecule has 2 aliphatic rings. The SMILES string of the molecule is CC1CCCN(c2nc(C(F)(F)F)c(C(=O)Nc3ccc(N4CCN(C(=O)Nc5ccccc5F)C(C)C4)nc3)o2)C1. The van der Waals surface area contributed by atoms with Gasteiger partial charge in [-0.25, -0.2) is 14.2 Å². The molecule has 2 fully saturated rings. The molecule has 0 spiro atoms. The molecule has 0 aliphatic carbocycles. The molecule has 42 heavy (non-hydrogen) atoms. The molecule has 14 heteroatoms. The number of halogens is 4. The normalized spacial score (nSPS) is 19.5. The topological polar surface area (TPSA) is 107 Å². The van der Waals surface area contributed by atoms with Gasteiger partial charge in [0.2, 0.25) is 5.76 Å². The molecule has 224 valence electrons. The zero-order chi connectivity index (χ0) is 30.0. The number of piperidine rings is 1. The number of oxazole rings is 1. The highest BCUT2D eigenvalue weighted by molar-refractivity contribution is 6.03. The summed E-state index contributed by atoms with van der Waals surface area (Å²) in [6.45, 7) is 6.08. The first-order valence-electron chi connectivity index (χ1n) is 13.7.